The maximum Gasteiger partial charge on any atom is 0.342 e. The highest BCUT2D eigenvalue weighted by Crippen LogP contribution is 2.08. The molecule has 0 aromatic rings. The molecule has 0 heterocycles. The standard InChI is InChI=1S/C10H21NO3Si/c1-8(2)7-9(11-13-3)10(12)14-15(4,5)6/h8H,7H2,1-6H3/b11-9-. The molecule has 0 saturated carbocycles. The van der Waals surface area contributed by atoms with Gasteiger partial charge >= 0.3 is 5.97 Å². The molecule has 0 aliphatic rings. The van der Waals surface area contributed by atoms with Gasteiger partial charge in [0, 0.05) is 6.42 Å². The molecule has 0 saturated heterocycles. The van der Waals surface area contributed by atoms with Crippen LogP contribution in [0.15, 0.2) is 5.16 Å². The Kier molecular flexibility index (Phi) is 5.57. The van der Waals surface area contributed by atoms with Crippen molar-refractivity contribution in [2.75, 3.05) is 7.11 Å². The highest BCUT2D eigenvalue weighted by atomic mass is 28.4. The van der Waals surface area contributed by atoms with Crippen molar-refractivity contribution >= 4 is 20.0 Å². The number of rotatable bonds is 5. The second-order valence-corrected chi connectivity index (χ2v) is 9.25. The van der Waals surface area contributed by atoms with E-state index in [-0.39, 0.29) is 5.97 Å². The monoisotopic (exact) mass is 231 g/mol. The Labute approximate surface area is 92.8 Å². The summed E-state index contributed by atoms with van der Waals surface area (Å²) in [6, 6.07) is 0. The molecule has 0 unspecified atom stereocenters. The van der Waals surface area contributed by atoms with Crippen molar-refractivity contribution in [1.29, 1.82) is 0 Å². The fourth-order valence-electron chi connectivity index (χ4n) is 0.992. The molecule has 0 bridgehead atoms. The van der Waals surface area contributed by atoms with Crippen LogP contribution >= 0.6 is 0 Å². The fraction of sp³-hybridized carbons (Fsp3) is 0.800. The molecule has 0 atom stereocenters. The Hall–Kier alpha value is -0.843. The van der Waals surface area contributed by atoms with Gasteiger partial charge in [-0.2, -0.15) is 0 Å². The van der Waals surface area contributed by atoms with E-state index in [2.05, 4.69) is 9.99 Å². The van der Waals surface area contributed by atoms with E-state index >= 15 is 0 Å². The van der Waals surface area contributed by atoms with Crippen molar-refractivity contribution in [1.82, 2.24) is 0 Å². The molecule has 0 aliphatic heterocycles. The SMILES string of the molecule is CO/N=C(/CC(C)C)C(=O)O[Si](C)(C)C. The van der Waals surface area contributed by atoms with Gasteiger partial charge in [-0.3, -0.25) is 0 Å². The topological polar surface area (TPSA) is 47.9 Å². The molecule has 88 valence electrons. The van der Waals surface area contributed by atoms with Gasteiger partial charge < -0.3 is 9.26 Å². The lowest BCUT2D eigenvalue weighted by Gasteiger charge is -2.18. The quantitative estimate of drug-likeness (QED) is 0.415. The number of carbonyl (C=O) groups is 1. The van der Waals surface area contributed by atoms with Gasteiger partial charge in [0.2, 0.25) is 8.32 Å². The first-order chi connectivity index (χ1) is 6.76. The Morgan fingerprint density at radius 2 is 1.87 bits per heavy atom. The van der Waals surface area contributed by atoms with E-state index in [1.807, 2.05) is 33.5 Å². The Balaban J connectivity index is 4.51. The summed E-state index contributed by atoms with van der Waals surface area (Å²) in [6.45, 7) is 9.93. The smallest absolute Gasteiger partial charge is 0.342 e. The van der Waals surface area contributed by atoms with Gasteiger partial charge in [-0.25, -0.2) is 4.79 Å². The average molecular weight is 231 g/mol. The minimum absolute atomic E-state index is 0.343. The normalized spacial score (nSPS) is 12.9. The second kappa shape index (κ2) is 5.90. The third kappa shape index (κ3) is 7.13. The Bertz CT molecular complexity index is 244. The van der Waals surface area contributed by atoms with Crippen molar-refractivity contribution in [2.45, 2.75) is 39.9 Å². The minimum atomic E-state index is -1.85. The zero-order valence-electron chi connectivity index (χ0n) is 10.5. The van der Waals surface area contributed by atoms with Gasteiger partial charge in [-0.05, 0) is 25.6 Å². The molecule has 15 heavy (non-hydrogen) atoms. The van der Waals surface area contributed by atoms with E-state index in [0.29, 0.717) is 18.1 Å². The largest absolute Gasteiger partial charge is 0.515 e. The maximum absolute atomic E-state index is 11.7. The highest BCUT2D eigenvalue weighted by Gasteiger charge is 2.24. The Morgan fingerprint density at radius 1 is 1.33 bits per heavy atom. The zero-order chi connectivity index (χ0) is 12.1. The van der Waals surface area contributed by atoms with Crippen LogP contribution in [0.3, 0.4) is 0 Å². The van der Waals surface area contributed by atoms with Crippen LogP contribution in [-0.2, 0) is 14.1 Å². The summed E-state index contributed by atoms with van der Waals surface area (Å²) in [7, 11) is -0.416. The molecular weight excluding hydrogens is 210 g/mol. The van der Waals surface area contributed by atoms with E-state index in [4.69, 9.17) is 4.43 Å². The van der Waals surface area contributed by atoms with Crippen molar-refractivity contribution < 1.29 is 14.1 Å². The third-order valence-corrected chi connectivity index (χ3v) is 2.24. The van der Waals surface area contributed by atoms with Crippen LogP contribution in [0.4, 0.5) is 0 Å². The van der Waals surface area contributed by atoms with E-state index in [1.165, 1.54) is 7.11 Å². The third-order valence-electron chi connectivity index (χ3n) is 1.44. The first-order valence-electron chi connectivity index (χ1n) is 5.09. The number of nitrogens with zero attached hydrogens (tertiary/aromatic N) is 1. The van der Waals surface area contributed by atoms with Crippen molar-refractivity contribution in [2.24, 2.45) is 11.1 Å². The summed E-state index contributed by atoms with van der Waals surface area (Å²) < 4.78 is 5.34. The average Bonchev–Trinajstić information content (AvgIpc) is 1.99. The predicted octanol–water partition coefficient (Wildman–Crippen LogP) is 2.41. The summed E-state index contributed by atoms with van der Waals surface area (Å²) >= 11 is 0. The fourth-order valence-corrected chi connectivity index (χ4v) is 1.67. The van der Waals surface area contributed by atoms with Gasteiger partial charge in [-0.15, -0.1) is 0 Å². The highest BCUT2D eigenvalue weighted by molar-refractivity contribution is 6.72. The van der Waals surface area contributed by atoms with Crippen LogP contribution in [-0.4, -0.2) is 27.1 Å². The van der Waals surface area contributed by atoms with E-state index in [0.717, 1.165) is 0 Å². The summed E-state index contributed by atoms with van der Waals surface area (Å²) in [6.07, 6.45) is 0.581. The molecule has 0 N–H and O–H groups in total. The summed E-state index contributed by atoms with van der Waals surface area (Å²) in [5, 5.41) is 3.71. The van der Waals surface area contributed by atoms with Gasteiger partial charge in [0.05, 0.1) is 0 Å². The van der Waals surface area contributed by atoms with E-state index in [1.54, 1.807) is 0 Å². The first-order valence-corrected chi connectivity index (χ1v) is 8.50. The van der Waals surface area contributed by atoms with E-state index < -0.39 is 8.32 Å². The van der Waals surface area contributed by atoms with Gasteiger partial charge in [0.25, 0.3) is 0 Å². The lowest BCUT2D eigenvalue weighted by atomic mass is 10.1. The number of hydrogen-bond donors (Lipinski definition) is 0. The molecule has 0 aromatic carbocycles. The molecule has 0 aliphatic carbocycles. The van der Waals surface area contributed by atoms with Gasteiger partial charge in [0.1, 0.15) is 7.11 Å². The van der Waals surface area contributed by atoms with Crippen molar-refractivity contribution in [3.05, 3.63) is 0 Å². The summed E-state index contributed by atoms with van der Waals surface area (Å²) in [4.78, 5) is 16.3. The molecule has 0 rings (SSSR count). The van der Waals surface area contributed by atoms with Gasteiger partial charge in [-0.1, -0.05) is 19.0 Å². The number of hydrogen-bond acceptors (Lipinski definition) is 4. The molecular formula is C10H21NO3Si. The second-order valence-electron chi connectivity index (χ2n) is 4.82. The van der Waals surface area contributed by atoms with Crippen LogP contribution in [0.1, 0.15) is 20.3 Å². The number of oxime groups is 1. The number of carbonyl (C=O) groups excluding carboxylic acids is 1. The van der Waals surface area contributed by atoms with Crippen LogP contribution < -0.4 is 0 Å². The van der Waals surface area contributed by atoms with Crippen LogP contribution in [0.5, 0.6) is 0 Å². The summed E-state index contributed by atoms with van der Waals surface area (Å²) in [5.41, 5.74) is 0.370. The lowest BCUT2D eigenvalue weighted by Crippen LogP contribution is -2.33. The Morgan fingerprint density at radius 3 is 2.20 bits per heavy atom. The van der Waals surface area contributed by atoms with Crippen molar-refractivity contribution in [3.63, 3.8) is 0 Å². The lowest BCUT2D eigenvalue weighted by molar-refractivity contribution is -0.128. The molecule has 0 amide bonds. The van der Waals surface area contributed by atoms with Crippen LogP contribution in [0.2, 0.25) is 19.6 Å². The maximum atomic E-state index is 11.7. The molecule has 5 heteroatoms. The molecule has 0 radical (unpaired) electrons. The molecule has 0 aromatic heterocycles. The predicted molar refractivity (Wildman–Crippen MR) is 63.3 cm³/mol. The van der Waals surface area contributed by atoms with Crippen molar-refractivity contribution in [3.8, 4) is 0 Å². The molecule has 4 nitrogen and oxygen atoms in total. The molecule has 0 spiro atoms. The zero-order valence-corrected chi connectivity index (χ0v) is 11.5. The minimum Gasteiger partial charge on any atom is -0.515 e. The summed E-state index contributed by atoms with van der Waals surface area (Å²) in [5.74, 6) is 0.0119. The van der Waals surface area contributed by atoms with E-state index in [9.17, 15) is 4.79 Å². The van der Waals surface area contributed by atoms with Gasteiger partial charge in [0.15, 0.2) is 5.71 Å². The first kappa shape index (κ1) is 14.2. The molecule has 0 fully saturated rings. The van der Waals surface area contributed by atoms with Crippen LogP contribution in [0, 0.1) is 5.92 Å². The van der Waals surface area contributed by atoms with Crippen LogP contribution in [0.25, 0.3) is 0 Å².